The molecule has 2 aliphatic heterocycles. The lowest BCUT2D eigenvalue weighted by Gasteiger charge is -2.62. The maximum absolute atomic E-state index is 10.0. The molecule has 0 unspecified atom stereocenters. The fraction of sp³-hybridized carbons (Fsp3) is 0.647. The lowest BCUT2D eigenvalue weighted by Crippen LogP contribution is -2.56. The largest absolute Gasteiger partial charge is 0.478 e. The van der Waals surface area contributed by atoms with E-state index in [0.717, 1.165) is 36.4 Å². The van der Waals surface area contributed by atoms with Crippen LogP contribution in [-0.4, -0.2) is 57.8 Å². The molecule has 6 heteroatoms. The van der Waals surface area contributed by atoms with Gasteiger partial charge in [-0.2, -0.15) is 0 Å². The molecule has 4 aliphatic carbocycles. The molecule has 216 valence electrons. The molecule has 2 heterocycles. The van der Waals surface area contributed by atoms with E-state index in [1.165, 1.54) is 54.4 Å². The third-order valence-corrected chi connectivity index (χ3v) is 11.5. The van der Waals surface area contributed by atoms with Crippen LogP contribution in [0.1, 0.15) is 82.1 Å². The van der Waals surface area contributed by atoms with Crippen LogP contribution < -0.4 is 9.47 Å². The van der Waals surface area contributed by atoms with Crippen LogP contribution in [0.4, 0.5) is 0 Å². The zero-order chi connectivity index (χ0) is 27.9. The van der Waals surface area contributed by atoms with E-state index in [-0.39, 0.29) is 29.7 Å². The molecular weight excluding hydrogens is 500 g/mol. The second kappa shape index (κ2) is 9.45. The lowest BCUT2D eigenvalue weighted by molar-refractivity contribution is -0.0427. The number of hydrogen-bond donors (Lipinski definition) is 2. The maximum atomic E-state index is 10.0. The Morgan fingerprint density at radius 1 is 0.700 bits per heavy atom. The number of fused-ring (bicyclic) bond motifs is 2. The Morgan fingerprint density at radius 2 is 1.12 bits per heavy atom. The van der Waals surface area contributed by atoms with Gasteiger partial charge >= 0.3 is 0 Å². The molecule has 0 amide bonds. The van der Waals surface area contributed by atoms with E-state index < -0.39 is 0 Å². The number of hydrogen-bond acceptors (Lipinski definition) is 6. The molecule has 4 bridgehead atoms. The van der Waals surface area contributed by atoms with E-state index in [0.29, 0.717) is 25.3 Å². The highest BCUT2D eigenvalue weighted by Crippen LogP contribution is 2.65. The molecule has 8 rings (SSSR count). The first-order valence-corrected chi connectivity index (χ1v) is 15.4. The summed E-state index contributed by atoms with van der Waals surface area (Å²) in [6, 6.07) is 14.1. The van der Waals surface area contributed by atoms with E-state index >= 15 is 0 Å². The second-order valence-electron chi connectivity index (χ2n) is 14.7. The Balaban J connectivity index is 1.33. The Labute approximate surface area is 239 Å². The quantitative estimate of drug-likeness (QED) is 0.515. The Bertz CT molecular complexity index is 1180. The Hall–Kier alpha value is -2.12. The molecule has 40 heavy (non-hydrogen) atoms. The van der Waals surface area contributed by atoms with Crippen molar-refractivity contribution >= 4 is 0 Å². The molecule has 6 aliphatic rings. The van der Waals surface area contributed by atoms with Gasteiger partial charge in [-0.3, -0.25) is 9.80 Å². The minimum Gasteiger partial charge on any atom is -0.478 e. The number of aliphatic hydroxyl groups is 2. The molecule has 2 N–H and O–H groups in total. The summed E-state index contributed by atoms with van der Waals surface area (Å²) in [4.78, 5) is 4.49. The smallest absolute Gasteiger partial charge is 0.142 e. The predicted molar refractivity (Wildman–Crippen MR) is 155 cm³/mol. The van der Waals surface area contributed by atoms with E-state index in [1.807, 2.05) is 0 Å². The molecule has 4 fully saturated rings. The number of ether oxygens (including phenoxy) is 2. The summed E-state index contributed by atoms with van der Waals surface area (Å²) in [5.74, 6) is 4.99. The first-order valence-electron chi connectivity index (χ1n) is 15.4. The minimum absolute atomic E-state index is 0.0129. The zero-order valence-electron chi connectivity index (χ0n) is 24.7. The second-order valence-corrected chi connectivity index (χ2v) is 14.7. The summed E-state index contributed by atoms with van der Waals surface area (Å²) >= 11 is 0. The summed E-state index contributed by atoms with van der Waals surface area (Å²) in [7, 11) is 0. The van der Waals surface area contributed by atoms with Crippen LogP contribution in [0.2, 0.25) is 0 Å². The van der Waals surface area contributed by atoms with E-state index in [9.17, 15) is 10.2 Å². The van der Waals surface area contributed by atoms with Gasteiger partial charge < -0.3 is 19.7 Å². The van der Waals surface area contributed by atoms with Crippen molar-refractivity contribution in [1.29, 1.82) is 0 Å². The molecule has 0 atom stereocenters. The van der Waals surface area contributed by atoms with Gasteiger partial charge in [0.2, 0.25) is 0 Å². The summed E-state index contributed by atoms with van der Waals surface area (Å²) in [6.45, 7) is 11.1. The fourth-order valence-electron chi connectivity index (χ4n) is 9.01. The molecule has 0 aromatic heterocycles. The molecule has 0 spiro atoms. The van der Waals surface area contributed by atoms with Crippen molar-refractivity contribution in [3.05, 3.63) is 58.7 Å². The van der Waals surface area contributed by atoms with Crippen molar-refractivity contribution in [3.8, 4) is 11.5 Å². The maximum Gasteiger partial charge on any atom is 0.142 e. The highest BCUT2D eigenvalue weighted by atomic mass is 16.5. The average molecular weight is 547 g/mol. The summed E-state index contributed by atoms with van der Waals surface area (Å²) in [5, 5.41) is 20.1. The Morgan fingerprint density at radius 3 is 1.52 bits per heavy atom. The summed E-state index contributed by atoms with van der Waals surface area (Å²) in [5.41, 5.74) is 4.67. The molecule has 2 aromatic carbocycles. The molecular formula is C34H46N2O4. The van der Waals surface area contributed by atoms with Crippen molar-refractivity contribution in [1.82, 2.24) is 9.80 Å². The zero-order valence-corrected chi connectivity index (χ0v) is 24.7. The van der Waals surface area contributed by atoms with Gasteiger partial charge in [0.15, 0.2) is 0 Å². The number of nitrogens with zero attached hydrogens (tertiary/aromatic N) is 2. The third kappa shape index (κ3) is 4.05. The van der Waals surface area contributed by atoms with Crippen LogP contribution in [0, 0.1) is 23.7 Å². The van der Waals surface area contributed by atoms with Crippen molar-refractivity contribution in [2.45, 2.75) is 89.4 Å². The van der Waals surface area contributed by atoms with E-state index in [2.05, 4.69) is 73.9 Å². The van der Waals surface area contributed by atoms with Gasteiger partial charge in [0, 0.05) is 40.7 Å². The normalized spacial score (nSPS) is 29.4. The summed E-state index contributed by atoms with van der Waals surface area (Å²) in [6.07, 6.45) is 6.71. The lowest BCUT2D eigenvalue weighted by atomic mass is 9.42. The highest BCUT2D eigenvalue weighted by Gasteiger charge is 2.59. The predicted octanol–water partition coefficient (Wildman–Crippen LogP) is 5.27. The third-order valence-electron chi connectivity index (χ3n) is 11.5. The average Bonchev–Trinajstić information content (AvgIpc) is 2.96. The Kier molecular flexibility index (Phi) is 6.32. The summed E-state index contributed by atoms with van der Waals surface area (Å²) < 4.78 is 12.4. The van der Waals surface area contributed by atoms with Crippen LogP contribution in [-0.2, 0) is 18.5 Å². The van der Waals surface area contributed by atoms with Crippen molar-refractivity contribution < 1.29 is 19.7 Å². The van der Waals surface area contributed by atoms with E-state index in [4.69, 9.17) is 9.47 Å². The van der Waals surface area contributed by atoms with E-state index in [1.54, 1.807) is 0 Å². The number of aliphatic hydroxyl groups excluding tert-OH is 2. The first kappa shape index (κ1) is 26.8. The van der Waals surface area contributed by atoms with Crippen molar-refractivity contribution in [2.24, 2.45) is 23.7 Å². The monoisotopic (exact) mass is 546 g/mol. The first-order chi connectivity index (χ1) is 19.1. The molecule has 2 aromatic rings. The van der Waals surface area contributed by atoms with Gasteiger partial charge in [0.1, 0.15) is 25.0 Å². The van der Waals surface area contributed by atoms with Gasteiger partial charge in [-0.15, -0.1) is 0 Å². The standard InChI is InChI=1S/C34H46N2O4/c1-32(2,18-37)35-16-24-14-26(5-7-30(24)39-20-35)34(28-10-22-9-23(12-28)13-29(34)11-22)27-6-8-31-25(15-27)17-36(21-40-31)33(3,4)19-38/h5-8,14-15,22-23,28-29,37-38H,9-13,16-21H2,1-4H3. The topological polar surface area (TPSA) is 65.4 Å². The molecule has 0 saturated heterocycles. The van der Waals surface area contributed by atoms with Gasteiger partial charge in [-0.1, -0.05) is 12.1 Å². The SMILES string of the molecule is CC(C)(CO)N1COc2ccc(C3(c4ccc5c(c4)CN(C(C)(C)CO)CO5)C4CC5CC(C4)CC3C5)cc2C1. The molecule has 4 saturated carbocycles. The minimum atomic E-state index is -0.333. The van der Waals surface area contributed by atoms with Gasteiger partial charge in [0.25, 0.3) is 0 Å². The van der Waals surface area contributed by atoms with Gasteiger partial charge in [0.05, 0.1) is 13.2 Å². The van der Waals surface area contributed by atoms with Crippen LogP contribution in [0.3, 0.4) is 0 Å². The van der Waals surface area contributed by atoms with Crippen molar-refractivity contribution in [2.75, 3.05) is 26.7 Å². The fourth-order valence-corrected chi connectivity index (χ4v) is 9.01. The van der Waals surface area contributed by atoms with Crippen LogP contribution >= 0.6 is 0 Å². The molecule has 0 radical (unpaired) electrons. The highest BCUT2D eigenvalue weighted by molar-refractivity contribution is 5.51. The van der Waals surface area contributed by atoms with Crippen LogP contribution in [0.15, 0.2) is 36.4 Å². The number of rotatable bonds is 6. The van der Waals surface area contributed by atoms with Crippen molar-refractivity contribution in [3.63, 3.8) is 0 Å². The van der Waals surface area contributed by atoms with Gasteiger partial charge in [-0.05, 0) is 119 Å². The van der Waals surface area contributed by atoms with Crippen LogP contribution in [0.25, 0.3) is 0 Å². The molecule has 6 nitrogen and oxygen atoms in total. The number of benzene rings is 2. The van der Waals surface area contributed by atoms with Crippen LogP contribution in [0.5, 0.6) is 11.5 Å². The van der Waals surface area contributed by atoms with Gasteiger partial charge in [-0.25, -0.2) is 0 Å².